The SMILES string of the molecule is CCCCC(CC)CC(=O)c1snnc1CC. The molecule has 0 aromatic carbocycles. The number of aryl methyl sites for hydroxylation is 1. The largest absolute Gasteiger partial charge is 0.293 e. The summed E-state index contributed by atoms with van der Waals surface area (Å²) in [6.07, 6.45) is 6.11. The zero-order valence-corrected chi connectivity index (χ0v) is 11.8. The number of carbonyl (C=O) groups excluding carboxylic acids is 1. The Morgan fingerprint density at radius 1 is 1.35 bits per heavy atom. The molecule has 17 heavy (non-hydrogen) atoms. The van der Waals surface area contributed by atoms with Gasteiger partial charge in [0.15, 0.2) is 5.78 Å². The van der Waals surface area contributed by atoms with Crippen molar-refractivity contribution < 1.29 is 4.79 Å². The van der Waals surface area contributed by atoms with Crippen LogP contribution in [0, 0.1) is 5.92 Å². The highest BCUT2D eigenvalue weighted by atomic mass is 32.1. The van der Waals surface area contributed by atoms with Crippen molar-refractivity contribution in [2.24, 2.45) is 5.92 Å². The first-order chi connectivity index (χ1) is 8.22. The summed E-state index contributed by atoms with van der Waals surface area (Å²) in [7, 11) is 0. The molecule has 0 spiro atoms. The standard InChI is InChI=1S/C13H22N2OS/c1-4-7-8-10(5-2)9-12(16)13-11(6-3)14-15-17-13/h10H,4-9H2,1-3H3. The smallest absolute Gasteiger partial charge is 0.176 e. The van der Waals surface area contributed by atoms with Crippen LogP contribution in [0.3, 0.4) is 0 Å². The lowest BCUT2D eigenvalue weighted by Gasteiger charge is -2.12. The Labute approximate surface area is 108 Å². The molecule has 1 unspecified atom stereocenters. The number of hydrogen-bond acceptors (Lipinski definition) is 4. The van der Waals surface area contributed by atoms with Gasteiger partial charge in [0, 0.05) is 6.42 Å². The minimum absolute atomic E-state index is 0.236. The van der Waals surface area contributed by atoms with E-state index in [-0.39, 0.29) is 5.78 Å². The predicted octanol–water partition coefficient (Wildman–Crippen LogP) is 3.89. The van der Waals surface area contributed by atoms with Crippen LogP contribution in [0.15, 0.2) is 0 Å². The number of hydrogen-bond donors (Lipinski definition) is 0. The number of ketones is 1. The molecule has 1 aromatic rings. The van der Waals surface area contributed by atoms with Crippen molar-refractivity contribution in [1.29, 1.82) is 0 Å². The Morgan fingerprint density at radius 3 is 2.71 bits per heavy atom. The van der Waals surface area contributed by atoms with Crippen molar-refractivity contribution in [3.8, 4) is 0 Å². The summed E-state index contributed by atoms with van der Waals surface area (Å²) < 4.78 is 3.88. The lowest BCUT2D eigenvalue weighted by Crippen LogP contribution is -2.09. The van der Waals surface area contributed by atoms with Crippen LogP contribution in [0.4, 0.5) is 0 Å². The van der Waals surface area contributed by atoms with Gasteiger partial charge in [-0.2, -0.15) is 0 Å². The van der Waals surface area contributed by atoms with Gasteiger partial charge in [-0.1, -0.05) is 50.9 Å². The third-order valence-corrected chi connectivity index (χ3v) is 3.97. The van der Waals surface area contributed by atoms with Crippen molar-refractivity contribution in [3.05, 3.63) is 10.6 Å². The van der Waals surface area contributed by atoms with E-state index in [0.29, 0.717) is 12.3 Å². The van der Waals surface area contributed by atoms with Crippen LogP contribution in [0.1, 0.15) is 68.2 Å². The molecule has 0 aliphatic rings. The van der Waals surface area contributed by atoms with E-state index in [9.17, 15) is 4.79 Å². The highest BCUT2D eigenvalue weighted by molar-refractivity contribution is 7.08. The van der Waals surface area contributed by atoms with E-state index in [1.54, 1.807) is 0 Å². The normalized spacial score (nSPS) is 12.6. The first kappa shape index (κ1) is 14.3. The van der Waals surface area contributed by atoms with Crippen molar-refractivity contribution >= 4 is 17.3 Å². The molecule has 0 aliphatic carbocycles. The molecule has 1 aromatic heterocycles. The maximum Gasteiger partial charge on any atom is 0.176 e. The van der Waals surface area contributed by atoms with Crippen LogP contribution in [-0.2, 0) is 6.42 Å². The lowest BCUT2D eigenvalue weighted by atomic mass is 9.93. The van der Waals surface area contributed by atoms with Crippen LogP contribution in [0.5, 0.6) is 0 Å². The van der Waals surface area contributed by atoms with E-state index in [4.69, 9.17) is 0 Å². The van der Waals surface area contributed by atoms with E-state index in [1.165, 1.54) is 24.4 Å². The minimum atomic E-state index is 0.236. The predicted molar refractivity (Wildman–Crippen MR) is 71.5 cm³/mol. The molecular weight excluding hydrogens is 232 g/mol. The number of Topliss-reactive ketones (excluding diaryl/α,β-unsaturated/α-hetero) is 1. The van der Waals surface area contributed by atoms with Crippen molar-refractivity contribution in [2.75, 3.05) is 0 Å². The quantitative estimate of drug-likeness (QED) is 0.661. The van der Waals surface area contributed by atoms with Crippen molar-refractivity contribution in [1.82, 2.24) is 9.59 Å². The monoisotopic (exact) mass is 254 g/mol. The highest BCUT2D eigenvalue weighted by Gasteiger charge is 2.18. The van der Waals surface area contributed by atoms with E-state index >= 15 is 0 Å². The van der Waals surface area contributed by atoms with Gasteiger partial charge < -0.3 is 0 Å². The molecule has 96 valence electrons. The summed E-state index contributed by atoms with van der Waals surface area (Å²) in [5.41, 5.74) is 0.866. The molecule has 0 saturated carbocycles. The summed E-state index contributed by atoms with van der Waals surface area (Å²) in [4.78, 5) is 12.9. The summed E-state index contributed by atoms with van der Waals surface area (Å²) in [5.74, 6) is 0.758. The molecule has 3 nitrogen and oxygen atoms in total. The summed E-state index contributed by atoms with van der Waals surface area (Å²) >= 11 is 1.25. The molecule has 0 aliphatic heterocycles. The molecule has 0 N–H and O–H groups in total. The number of rotatable bonds is 8. The molecule has 0 radical (unpaired) electrons. The zero-order chi connectivity index (χ0) is 12.7. The number of nitrogens with zero attached hydrogens (tertiary/aromatic N) is 2. The van der Waals surface area contributed by atoms with Gasteiger partial charge in [0.05, 0.1) is 5.69 Å². The van der Waals surface area contributed by atoms with E-state index in [1.807, 2.05) is 6.92 Å². The second-order valence-corrected chi connectivity index (χ2v) is 5.20. The second-order valence-electron chi connectivity index (χ2n) is 4.45. The second kappa shape index (κ2) is 7.54. The molecule has 0 amide bonds. The van der Waals surface area contributed by atoms with Crippen molar-refractivity contribution in [2.45, 2.75) is 59.3 Å². The van der Waals surface area contributed by atoms with Gasteiger partial charge in [-0.3, -0.25) is 4.79 Å². The Morgan fingerprint density at radius 2 is 2.12 bits per heavy atom. The number of carbonyl (C=O) groups is 1. The van der Waals surface area contributed by atoms with Gasteiger partial charge >= 0.3 is 0 Å². The Hall–Kier alpha value is -0.770. The lowest BCUT2D eigenvalue weighted by molar-refractivity contribution is 0.0960. The average molecular weight is 254 g/mol. The van der Waals surface area contributed by atoms with Crippen LogP contribution in [-0.4, -0.2) is 15.4 Å². The number of unbranched alkanes of at least 4 members (excludes halogenated alkanes) is 1. The minimum Gasteiger partial charge on any atom is -0.293 e. The molecule has 1 atom stereocenters. The van der Waals surface area contributed by atoms with Gasteiger partial charge in [-0.05, 0) is 23.9 Å². The Balaban J connectivity index is 2.58. The third-order valence-electron chi connectivity index (χ3n) is 3.16. The van der Waals surface area contributed by atoms with Crippen LogP contribution < -0.4 is 0 Å². The fourth-order valence-corrected chi connectivity index (χ4v) is 2.65. The summed E-state index contributed by atoms with van der Waals surface area (Å²) in [6.45, 7) is 6.37. The molecule has 0 saturated heterocycles. The molecule has 1 heterocycles. The van der Waals surface area contributed by atoms with Crippen LogP contribution >= 0.6 is 11.5 Å². The maximum atomic E-state index is 12.1. The third kappa shape index (κ3) is 4.19. The summed E-state index contributed by atoms with van der Waals surface area (Å²) in [6, 6.07) is 0. The molecule has 1 rings (SSSR count). The molecule has 0 fully saturated rings. The topological polar surface area (TPSA) is 42.9 Å². The van der Waals surface area contributed by atoms with E-state index < -0.39 is 0 Å². The fourth-order valence-electron chi connectivity index (χ4n) is 1.95. The van der Waals surface area contributed by atoms with Gasteiger partial charge in [0.25, 0.3) is 0 Å². The van der Waals surface area contributed by atoms with Gasteiger partial charge in [-0.25, -0.2) is 0 Å². The molecule has 0 bridgehead atoms. The Bertz CT molecular complexity index is 349. The zero-order valence-electron chi connectivity index (χ0n) is 11.0. The van der Waals surface area contributed by atoms with Crippen LogP contribution in [0.25, 0.3) is 0 Å². The summed E-state index contributed by atoms with van der Waals surface area (Å²) in [5, 5.41) is 4.00. The van der Waals surface area contributed by atoms with Crippen molar-refractivity contribution in [3.63, 3.8) is 0 Å². The number of aromatic nitrogens is 2. The Kier molecular flexibility index (Phi) is 6.34. The first-order valence-corrected chi connectivity index (χ1v) is 7.34. The molecular formula is C13H22N2OS. The van der Waals surface area contributed by atoms with Crippen LogP contribution in [0.2, 0.25) is 0 Å². The maximum absolute atomic E-state index is 12.1. The van der Waals surface area contributed by atoms with E-state index in [2.05, 4.69) is 23.4 Å². The van der Waals surface area contributed by atoms with E-state index in [0.717, 1.165) is 29.8 Å². The first-order valence-electron chi connectivity index (χ1n) is 6.57. The highest BCUT2D eigenvalue weighted by Crippen LogP contribution is 2.22. The molecule has 4 heteroatoms. The fraction of sp³-hybridized carbons (Fsp3) is 0.769. The average Bonchev–Trinajstić information content (AvgIpc) is 2.82. The van der Waals surface area contributed by atoms with Gasteiger partial charge in [-0.15, -0.1) is 5.10 Å². The van der Waals surface area contributed by atoms with Gasteiger partial charge in [0.1, 0.15) is 4.88 Å². The van der Waals surface area contributed by atoms with Gasteiger partial charge in [0.2, 0.25) is 0 Å².